The predicted octanol–water partition coefficient (Wildman–Crippen LogP) is 0.117. The lowest BCUT2D eigenvalue weighted by atomic mass is 9.57. The molecule has 2 saturated heterocycles. The lowest BCUT2D eigenvalue weighted by molar-refractivity contribution is -0.237. The second-order valence-electron chi connectivity index (χ2n) is 6.90. The van der Waals surface area contributed by atoms with Crippen molar-refractivity contribution >= 4 is 18.8 Å². The highest BCUT2D eigenvalue weighted by atomic mass is 16.6. The molecule has 1 amide bonds. The van der Waals surface area contributed by atoms with Gasteiger partial charge in [0.25, 0.3) is 6.92 Å². The third kappa shape index (κ3) is 1.88. The van der Waals surface area contributed by atoms with E-state index < -0.39 is 36.0 Å². The number of fused-ring (bicyclic) bond motifs is 1. The maximum atomic E-state index is 12.3. The van der Waals surface area contributed by atoms with Gasteiger partial charge < -0.3 is 20.2 Å². The Hall–Kier alpha value is -1.34. The molecule has 5 atom stereocenters. The summed E-state index contributed by atoms with van der Waals surface area (Å²) in [5.41, 5.74) is -2.50. The van der Waals surface area contributed by atoms with Crippen molar-refractivity contribution in [2.45, 2.75) is 56.6 Å². The van der Waals surface area contributed by atoms with Crippen molar-refractivity contribution in [1.82, 2.24) is 5.32 Å². The largest absolute Gasteiger partial charge is 0.453 e. The fraction of sp³-hybridized carbons (Fsp3) is 0.733. The first-order valence-electron chi connectivity index (χ1n) is 7.91. The minimum absolute atomic E-state index is 0.175. The summed E-state index contributed by atoms with van der Waals surface area (Å²) in [6, 6.07) is 0. The number of carbonyl (C=O) groups is 2. The van der Waals surface area contributed by atoms with Crippen molar-refractivity contribution in [3.8, 4) is 0 Å². The second-order valence-corrected chi connectivity index (χ2v) is 6.90. The zero-order chi connectivity index (χ0) is 16.1. The average Bonchev–Trinajstić information content (AvgIpc) is 2.65. The van der Waals surface area contributed by atoms with Crippen LogP contribution in [0.2, 0.25) is 13.1 Å². The summed E-state index contributed by atoms with van der Waals surface area (Å²) in [5.74, 6) is -1.74. The summed E-state index contributed by atoms with van der Waals surface area (Å²) in [6.07, 6.45) is 5.80. The molecular weight excluding hydrogens is 285 g/mol. The zero-order valence-corrected chi connectivity index (χ0v) is 12.9. The van der Waals surface area contributed by atoms with Gasteiger partial charge >= 0.3 is 5.97 Å². The molecule has 2 heterocycles. The van der Waals surface area contributed by atoms with Crippen molar-refractivity contribution in [1.29, 1.82) is 0 Å². The van der Waals surface area contributed by atoms with E-state index >= 15 is 0 Å². The molecule has 0 unspecified atom stereocenters. The van der Waals surface area contributed by atoms with E-state index in [2.05, 4.69) is 5.32 Å². The van der Waals surface area contributed by atoms with Gasteiger partial charge in [0.1, 0.15) is 0 Å². The molecule has 2 aliphatic heterocycles. The van der Waals surface area contributed by atoms with Crippen LogP contribution in [0.4, 0.5) is 0 Å². The van der Waals surface area contributed by atoms with Gasteiger partial charge in [-0.15, -0.1) is 0 Å². The van der Waals surface area contributed by atoms with Crippen LogP contribution in [0.1, 0.15) is 26.2 Å². The van der Waals surface area contributed by atoms with Crippen molar-refractivity contribution in [2.24, 2.45) is 11.8 Å². The lowest BCUT2D eigenvalue weighted by Gasteiger charge is -2.54. The number of carbonyl (C=O) groups excluding carboxylic acids is 2. The summed E-state index contributed by atoms with van der Waals surface area (Å²) in [5, 5.41) is 23.1. The second kappa shape index (κ2) is 5.10. The summed E-state index contributed by atoms with van der Waals surface area (Å²) in [4.78, 5) is 24.5. The standard InChI is InChI=1S/C15H22BNO5/c1-14-10(8-16(2)21)12(19)17-15(14,13(20)22-14)11(18)9-6-4-3-5-7-9/h4,6,9-11,18,21H,3,5,7-8H2,1-2H3,(H,17,19)/t9-,10+,11+,14+,15+/m1/s1. The Morgan fingerprint density at radius 3 is 2.82 bits per heavy atom. The van der Waals surface area contributed by atoms with E-state index in [1.165, 1.54) is 0 Å². The maximum absolute atomic E-state index is 12.3. The van der Waals surface area contributed by atoms with Crippen LogP contribution in [-0.4, -0.2) is 46.2 Å². The Kier molecular flexibility index (Phi) is 3.60. The number of hydrogen-bond donors (Lipinski definition) is 3. The first kappa shape index (κ1) is 15.6. The van der Waals surface area contributed by atoms with E-state index in [1.807, 2.05) is 12.2 Å². The van der Waals surface area contributed by atoms with Gasteiger partial charge in [-0.1, -0.05) is 19.0 Å². The van der Waals surface area contributed by atoms with Crippen LogP contribution >= 0.6 is 0 Å². The number of aliphatic hydroxyl groups is 1. The van der Waals surface area contributed by atoms with Crippen LogP contribution in [0.5, 0.6) is 0 Å². The molecular formula is C15H22BNO5. The Morgan fingerprint density at radius 2 is 2.27 bits per heavy atom. The van der Waals surface area contributed by atoms with Crippen LogP contribution in [0.25, 0.3) is 0 Å². The number of aliphatic hydroxyl groups excluding tert-OH is 1. The van der Waals surface area contributed by atoms with Gasteiger partial charge in [0.05, 0.1) is 12.0 Å². The number of allylic oxidation sites excluding steroid dienone is 1. The van der Waals surface area contributed by atoms with Crippen LogP contribution in [0.15, 0.2) is 12.2 Å². The number of rotatable bonds is 4. The van der Waals surface area contributed by atoms with E-state index in [1.54, 1.807) is 13.7 Å². The highest BCUT2D eigenvalue weighted by Crippen LogP contribution is 2.53. The summed E-state index contributed by atoms with van der Waals surface area (Å²) in [6.45, 7) is 2.58. The molecule has 7 heteroatoms. The SMILES string of the molecule is CB(O)C[C@H]1C(=O)N[C@@]2([C@@H](O)[C@@H]3C=CCCC3)C(=O)O[C@@]12C. The van der Waals surface area contributed by atoms with Crippen LogP contribution in [0, 0.1) is 11.8 Å². The van der Waals surface area contributed by atoms with E-state index in [0.29, 0.717) is 0 Å². The third-order valence-electron chi connectivity index (χ3n) is 5.43. The number of amides is 1. The Bertz CT molecular complexity index is 536. The van der Waals surface area contributed by atoms with Gasteiger partial charge in [-0.3, -0.25) is 4.79 Å². The van der Waals surface area contributed by atoms with E-state index in [-0.39, 0.29) is 18.1 Å². The Labute approximate surface area is 130 Å². The number of nitrogens with one attached hydrogen (secondary N) is 1. The molecule has 6 nitrogen and oxygen atoms in total. The molecule has 22 heavy (non-hydrogen) atoms. The monoisotopic (exact) mass is 307 g/mol. The van der Waals surface area contributed by atoms with Crippen LogP contribution in [-0.2, 0) is 14.3 Å². The van der Waals surface area contributed by atoms with Gasteiger partial charge in [-0.05, 0) is 32.5 Å². The molecule has 0 aromatic carbocycles. The average molecular weight is 307 g/mol. The van der Waals surface area contributed by atoms with E-state index in [9.17, 15) is 19.7 Å². The number of hydrogen-bond acceptors (Lipinski definition) is 5. The third-order valence-corrected chi connectivity index (χ3v) is 5.43. The molecule has 0 aromatic heterocycles. The van der Waals surface area contributed by atoms with Crippen molar-refractivity contribution in [3.05, 3.63) is 12.2 Å². The van der Waals surface area contributed by atoms with Gasteiger partial charge in [-0.2, -0.15) is 0 Å². The quantitative estimate of drug-likeness (QED) is 0.389. The van der Waals surface area contributed by atoms with Crippen molar-refractivity contribution in [2.75, 3.05) is 0 Å². The molecule has 2 fully saturated rings. The molecule has 0 saturated carbocycles. The number of ether oxygens (including phenoxy) is 1. The predicted molar refractivity (Wildman–Crippen MR) is 80.0 cm³/mol. The normalized spacial score (nSPS) is 41.3. The molecule has 3 rings (SSSR count). The molecule has 0 aromatic rings. The van der Waals surface area contributed by atoms with Gasteiger partial charge in [0.2, 0.25) is 11.4 Å². The summed E-state index contributed by atoms with van der Waals surface area (Å²) >= 11 is 0. The zero-order valence-electron chi connectivity index (χ0n) is 12.9. The Morgan fingerprint density at radius 1 is 1.55 bits per heavy atom. The van der Waals surface area contributed by atoms with Crippen LogP contribution < -0.4 is 5.32 Å². The minimum Gasteiger partial charge on any atom is -0.453 e. The fourth-order valence-corrected chi connectivity index (χ4v) is 4.15. The highest BCUT2D eigenvalue weighted by molar-refractivity contribution is 6.49. The molecule has 120 valence electrons. The molecule has 3 N–H and O–H groups in total. The molecule has 0 bridgehead atoms. The number of esters is 1. The smallest absolute Gasteiger partial charge is 0.339 e. The lowest BCUT2D eigenvalue weighted by Crippen LogP contribution is -2.80. The summed E-state index contributed by atoms with van der Waals surface area (Å²) < 4.78 is 5.33. The maximum Gasteiger partial charge on any atom is 0.339 e. The van der Waals surface area contributed by atoms with Crippen molar-refractivity contribution < 1.29 is 24.5 Å². The van der Waals surface area contributed by atoms with E-state index in [0.717, 1.165) is 19.3 Å². The summed E-state index contributed by atoms with van der Waals surface area (Å²) in [7, 11) is 0. The van der Waals surface area contributed by atoms with Gasteiger partial charge in [0.15, 0.2) is 5.60 Å². The first-order valence-corrected chi connectivity index (χ1v) is 7.91. The first-order chi connectivity index (χ1) is 10.3. The van der Waals surface area contributed by atoms with Gasteiger partial charge in [0, 0.05) is 5.92 Å². The highest BCUT2D eigenvalue weighted by Gasteiger charge is 2.79. The minimum atomic E-state index is -1.39. The fourth-order valence-electron chi connectivity index (χ4n) is 4.15. The molecule has 0 radical (unpaired) electrons. The molecule has 3 aliphatic rings. The topological polar surface area (TPSA) is 95.9 Å². The molecule has 1 aliphatic carbocycles. The Balaban J connectivity index is 1.93. The van der Waals surface area contributed by atoms with Crippen molar-refractivity contribution in [3.63, 3.8) is 0 Å². The van der Waals surface area contributed by atoms with Gasteiger partial charge in [-0.25, -0.2) is 4.79 Å². The van der Waals surface area contributed by atoms with Crippen LogP contribution in [0.3, 0.4) is 0 Å². The molecule has 0 spiro atoms. The van der Waals surface area contributed by atoms with E-state index in [4.69, 9.17) is 4.74 Å².